The van der Waals surface area contributed by atoms with Gasteiger partial charge in [0, 0.05) is 16.5 Å². The number of nitrogens with two attached hydrogens (primary N) is 1. The molecule has 1 unspecified atom stereocenters. The van der Waals surface area contributed by atoms with E-state index in [2.05, 4.69) is 141 Å². The molecule has 0 radical (unpaired) electrons. The van der Waals surface area contributed by atoms with Crippen molar-refractivity contribution in [3.63, 3.8) is 0 Å². The standard InChI is InChI=1S/C35H50ClNOSi/c1-25(2)31(34(9,37)29-21-20-26(30(36)24-29)22-23-32(3,4)5)35(38-39-33(6,7)8,27-16-12-10-13-17-27)28-18-14-11-15-19-28/h10-21,24-25,31H,22-23,37,39H2,1-9H3/t31?,34-/m0/s1. The molecule has 0 heterocycles. The van der Waals surface area contributed by atoms with Crippen molar-refractivity contribution >= 4 is 21.4 Å². The van der Waals surface area contributed by atoms with Crippen LogP contribution in [0.2, 0.25) is 10.1 Å². The largest absolute Gasteiger partial charge is 0.410 e. The summed E-state index contributed by atoms with van der Waals surface area (Å²) in [6, 6.07) is 27.9. The summed E-state index contributed by atoms with van der Waals surface area (Å²) in [6.07, 6.45) is 2.03. The number of benzene rings is 3. The molecule has 3 rings (SSSR count). The van der Waals surface area contributed by atoms with E-state index in [1.54, 1.807) is 0 Å². The van der Waals surface area contributed by atoms with E-state index in [1.165, 1.54) is 5.56 Å². The molecule has 2 N–H and O–H groups in total. The molecule has 2 nitrogen and oxygen atoms in total. The fourth-order valence-electron chi connectivity index (χ4n) is 5.84. The zero-order valence-electron chi connectivity index (χ0n) is 25.6. The van der Waals surface area contributed by atoms with Crippen molar-refractivity contribution < 1.29 is 4.43 Å². The van der Waals surface area contributed by atoms with Gasteiger partial charge in [-0.1, -0.05) is 140 Å². The number of halogens is 1. The maximum Gasteiger partial charge on any atom is 0.168 e. The molecule has 0 aliphatic heterocycles. The molecule has 0 bridgehead atoms. The van der Waals surface area contributed by atoms with Crippen LogP contribution < -0.4 is 5.73 Å². The van der Waals surface area contributed by atoms with Crippen molar-refractivity contribution in [2.24, 2.45) is 23.0 Å². The Morgan fingerprint density at radius 1 is 0.769 bits per heavy atom. The van der Waals surface area contributed by atoms with Crippen molar-refractivity contribution in [1.82, 2.24) is 0 Å². The summed E-state index contributed by atoms with van der Waals surface area (Å²) in [5.74, 6) is 0.148. The second-order valence-electron chi connectivity index (χ2n) is 14.2. The number of aryl methyl sites for hydroxylation is 1. The Morgan fingerprint density at radius 2 is 1.28 bits per heavy atom. The van der Waals surface area contributed by atoms with Gasteiger partial charge in [-0.25, -0.2) is 0 Å². The first-order valence-electron chi connectivity index (χ1n) is 14.4. The average Bonchev–Trinajstić information content (AvgIpc) is 2.85. The molecule has 2 atom stereocenters. The first-order chi connectivity index (χ1) is 18.1. The maximum absolute atomic E-state index is 7.52. The minimum Gasteiger partial charge on any atom is -0.410 e. The summed E-state index contributed by atoms with van der Waals surface area (Å²) in [6.45, 7) is 20.4. The first kappa shape index (κ1) is 31.6. The van der Waals surface area contributed by atoms with Crippen LogP contribution in [0.5, 0.6) is 0 Å². The van der Waals surface area contributed by atoms with Crippen LogP contribution in [0.4, 0.5) is 0 Å². The molecule has 39 heavy (non-hydrogen) atoms. The van der Waals surface area contributed by atoms with E-state index in [1.807, 2.05) is 0 Å². The second kappa shape index (κ2) is 12.3. The van der Waals surface area contributed by atoms with Gasteiger partial charge in [-0.05, 0) is 64.5 Å². The van der Waals surface area contributed by atoms with Crippen molar-refractivity contribution in [3.05, 3.63) is 106 Å². The molecule has 0 aliphatic carbocycles. The molecule has 0 aromatic heterocycles. The van der Waals surface area contributed by atoms with E-state index >= 15 is 0 Å². The Hall–Kier alpha value is -1.91. The minimum atomic E-state index is -0.971. The SMILES string of the molecule is CC(C)C(C(O[SiH2]C(C)(C)C)(c1ccccc1)c1ccccc1)[C@@](C)(N)c1ccc(CCC(C)(C)C)c(Cl)c1. The smallest absolute Gasteiger partial charge is 0.168 e. The number of hydrogen-bond donors (Lipinski definition) is 1. The van der Waals surface area contributed by atoms with Gasteiger partial charge in [0.05, 0.1) is 0 Å². The zero-order valence-corrected chi connectivity index (χ0v) is 27.8. The Kier molecular flexibility index (Phi) is 9.97. The van der Waals surface area contributed by atoms with Crippen LogP contribution in [-0.4, -0.2) is 9.76 Å². The van der Waals surface area contributed by atoms with Gasteiger partial charge in [-0.2, -0.15) is 0 Å². The van der Waals surface area contributed by atoms with E-state index in [9.17, 15) is 0 Å². The van der Waals surface area contributed by atoms with Gasteiger partial charge < -0.3 is 10.2 Å². The van der Waals surface area contributed by atoms with Crippen LogP contribution in [0, 0.1) is 17.3 Å². The summed E-state index contributed by atoms with van der Waals surface area (Å²) < 4.78 is 7.35. The molecule has 212 valence electrons. The summed E-state index contributed by atoms with van der Waals surface area (Å²) in [7, 11) is -0.971. The lowest BCUT2D eigenvalue weighted by Crippen LogP contribution is -2.56. The first-order valence-corrected chi connectivity index (χ1v) is 16.1. The molecule has 0 amide bonds. The van der Waals surface area contributed by atoms with Gasteiger partial charge >= 0.3 is 0 Å². The molecule has 0 saturated heterocycles. The van der Waals surface area contributed by atoms with Crippen molar-refractivity contribution in [2.45, 2.75) is 91.3 Å². The van der Waals surface area contributed by atoms with Crippen LogP contribution in [0.25, 0.3) is 0 Å². The van der Waals surface area contributed by atoms with Crippen molar-refractivity contribution in [2.75, 3.05) is 0 Å². The van der Waals surface area contributed by atoms with E-state index in [0.29, 0.717) is 0 Å². The Morgan fingerprint density at radius 3 is 1.69 bits per heavy atom. The molecule has 4 heteroatoms. The molecule has 0 aliphatic rings. The highest BCUT2D eigenvalue weighted by atomic mass is 35.5. The van der Waals surface area contributed by atoms with E-state index < -0.39 is 20.9 Å². The van der Waals surface area contributed by atoms with Crippen LogP contribution in [-0.2, 0) is 22.0 Å². The van der Waals surface area contributed by atoms with Gasteiger partial charge in [0.1, 0.15) is 5.60 Å². The third-order valence-electron chi connectivity index (χ3n) is 7.71. The lowest BCUT2D eigenvalue weighted by atomic mass is 9.61. The third-order valence-corrected chi connectivity index (χ3v) is 9.53. The quantitative estimate of drug-likeness (QED) is 0.250. The zero-order chi connectivity index (χ0) is 29.1. The summed E-state index contributed by atoms with van der Waals surface area (Å²) >= 11 is 6.94. The van der Waals surface area contributed by atoms with Gasteiger partial charge in [-0.15, -0.1) is 0 Å². The van der Waals surface area contributed by atoms with Gasteiger partial charge in [0.15, 0.2) is 9.76 Å². The lowest BCUT2D eigenvalue weighted by Gasteiger charge is -2.52. The van der Waals surface area contributed by atoms with Gasteiger partial charge in [-0.3, -0.25) is 0 Å². The van der Waals surface area contributed by atoms with Crippen LogP contribution in [0.3, 0.4) is 0 Å². The Balaban J connectivity index is 2.24. The summed E-state index contributed by atoms with van der Waals surface area (Å²) in [5, 5.41) is 0.908. The minimum absolute atomic E-state index is 0.0684. The van der Waals surface area contributed by atoms with Gasteiger partial charge in [0.25, 0.3) is 0 Å². The molecule has 3 aromatic carbocycles. The summed E-state index contributed by atoms with van der Waals surface area (Å²) in [5.41, 5.74) is 10.9. The molecular formula is C35H50ClNOSi. The normalized spacial score (nSPS) is 15.6. The third kappa shape index (κ3) is 7.64. The molecule has 0 fully saturated rings. The highest BCUT2D eigenvalue weighted by Crippen LogP contribution is 2.51. The molecule has 0 saturated carbocycles. The monoisotopic (exact) mass is 563 g/mol. The number of rotatable bonds is 10. The summed E-state index contributed by atoms with van der Waals surface area (Å²) in [4.78, 5) is 0. The predicted octanol–water partition coefficient (Wildman–Crippen LogP) is 9.03. The van der Waals surface area contributed by atoms with Crippen LogP contribution in [0.1, 0.15) is 91.0 Å². The topological polar surface area (TPSA) is 35.2 Å². The highest BCUT2D eigenvalue weighted by Gasteiger charge is 2.52. The molecule has 0 spiro atoms. The highest BCUT2D eigenvalue weighted by molar-refractivity contribution is 6.32. The van der Waals surface area contributed by atoms with E-state index in [0.717, 1.165) is 34.6 Å². The molecule has 3 aromatic rings. The Bertz CT molecular complexity index is 1150. The van der Waals surface area contributed by atoms with Crippen LogP contribution in [0.15, 0.2) is 78.9 Å². The predicted molar refractivity (Wildman–Crippen MR) is 172 cm³/mol. The fraction of sp³-hybridized carbons (Fsp3) is 0.486. The molecular weight excluding hydrogens is 514 g/mol. The second-order valence-corrected chi connectivity index (χ2v) is 17.3. The van der Waals surface area contributed by atoms with Gasteiger partial charge in [0.2, 0.25) is 0 Å². The van der Waals surface area contributed by atoms with E-state index in [4.69, 9.17) is 21.8 Å². The Labute approximate surface area is 245 Å². The van der Waals surface area contributed by atoms with Crippen molar-refractivity contribution in [1.29, 1.82) is 0 Å². The number of hydrogen-bond acceptors (Lipinski definition) is 2. The van der Waals surface area contributed by atoms with Crippen LogP contribution >= 0.6 is 11.6 Å². The average molecular weight is 564 g/mol. The van der Waals surface area contributed by atoms with E-state index in [-0.39, 0.29) is 22.3 Å². The fourth-order valence-corrected chi connectivity index (χ4v) is 7.29. The van der Waals surface area contributed by atoms with Crippen molar-refractivity contribution in [3.8, 4) is 0 Å². The maximum atomic E-state index is 7.52. The lowest BCUT2D eigenvalue weighted by molar-refractivity contribution is -0.0216.